The molecule has 0 spiro atoms. The largest absolute Gasteiger partial charge is 0.480 e. The fourth-order valence-corrected chi connectivity index (χ4v) is 3.54. The predicted octanol–water partition coefficient (Wildman–Crippen LogP) is 0.275. The molecule has 1 saturated heterocycles. The van der Waals surface area contributed by atoms with E-state index in [2.05, 4.69) is 4.72 Å². The zero-order chi connectivity index (χ0) is 15.5. The molecule has 0 amide bonds. The monoisotopic (exact) mass is 314 g/mol. The Balaban J connectivity index is 2.46. The number of para-hydroxylation sites is 1. The molecule has 0 aliphatic carbocycles. The number of hydrogen-bond donors (Lipinski definition) is 2. The van der Waals surface area contributed by atoms with Gasteiger partial charge in [0.15, 0.2) is 6.04 Å². The molecule has 1 aliphatic heterocycles. The van der Waals surface area contributed by atoms with Gasteiger partial charge in [-0.3, -0.25) is 0 Å². The van der Waals surface area contributed by atoms with E-state index in [0.29, 0.717) is 18.8 Å². The van der Waals surface area contributed by atoms with Crippen LogP contribution in [0.25, 0.3) is 0 Å². The van der Waals surface area contributed by atoms with Crippen LogP contribution >= 0.6 is 0 Å². The molecule has 1 fully saturated rings. The van der Waals surface area contributed by atoms with Crippen LogP contribution in [0.5, 0.6) is 0 Å². The van der Waals surface area contributed by atoms with Crippen LogP contribution in [0.15, 0.2) is 29.2 Å². The fraction of sp³-hybridized carbons (Fsp3) is 0.462. The number of anilines is 1. The third-order valence-electron chi connectivity index (χ3n) is 3.21. The number of aliphatic carboxylic acids is 1. The van der Waals surface area contributed by atoms with Crippen LogP contribution in [-0.2, 0) is 19.6 Å². The van der Waals surface area contributed by atoms with Gasteiger partial charge in [0.1, 0.15) is 4.90 Å². The maximum absolute atomic E-state index is 12.3. The number of morpholine rings is 1. The van der Waals surface area contributed by atoms with Crippen LogP contribution in [0, 0.1) is 0 Å². The normalized spacial score (nSPS) is 19.5. The molecular formula is C13H18N2O5S. The first-order chi connectivity index (χ1) is 9.97. The van der Waals surface area contributed by atoms with E-state index in [1.54, 1.807) is 30.0 Å². The van der Waals surface area contributed by atoms with Gasteiger partial charge in [-0.1, -0.05) is 19.1 Å². The molecule has 7 nitrogen and oxygen atoms in total. The highest BCUT2D eigenvalue weighted by Crippen LogP contribution is 2.28. The molecule has 1 atom stereocenters. The van der Waals surface area contributed by atoms with E-state index in [0.717, 1.165) is 0 Å². The Morgan fingerprint density at radius 3 is 2.86 bits per heavy atom. The Morgan fingerprint density at radius 2 is 2.19 bits per heavy atom. The molecule has 1 heterocycles. The van der Waals surface area contributed by atoms with Gasteiger partial charge >= 0.3 is 5.97 Å². The number of ether oxygens (including phenoxy) is 1. The van der Waals surface area contributed by atoms with E-state index in [-0.39, 0.29) is 18.0 Å². The maximum Gasteiger partial charge on any atom is 0.328 e. The van der Waals surface area contributed by atoms with Crippen LogP contribution in [0.2, 0.25) is 0 Å². The summed E-state index contributed by atoms with van der Waals surface area (Å²) in [6.07, 6.45) is 0. The van der Waals surface area contributed by atoms with Gasteiger partial charge in [-0.15, -0.1) is 0 Å². The molecule has 21 heavy (non-hydrogen) atoms. The Labute approximate surface area is 123 Å². The highest BCUT2D eigenvalue weighted by molar-refractivity contribution is 7.89. The van der Waals surface area contributed by atoms with E-state index in [1.807, 2.05) is 0 Å². The summed E-state index contributed by atoms with van der Waals surface area (Å²) in [6.45, 7) is 2.68. The Bertz CT molecular complexity index is 617. The molecule has 1 aromatic carbocycles. The van der Waals surface area contributed by atoms with Crippen molar-refractivity contribution in [1.29, 1.82) is 0 Å². The molecule has 1 aromatic rings. The third kappa shape index (κ3) is 3.34. The first-order valence-electron chi connectivity index (χ1n) is 6.63. The van der Waals surface area contributed by atoms with Gasteiger partial charge in [0.2, 0.25) is 10.0 Å². The first-order valence-corrected chi connectivity index (χ1v) is 8.11. The van der Waals surface area contributed by atoms with Gasteiger partial charge in [-0.05, 0) is 12.1 Å². The highest BCUT2D eigenvalue weighted by Gasteiger charge is 2.32. The maximum atomic E-state index is 12.3. The topological polar surface area (TPSA) is 95.9 Å². The number of carbonyl (C=O) groups is 1. The zero-order valence-electron chi connectivity index (χ0n) is 11.7. The van der Waals surface area contributed by atoms with Gasteiger partial charge in [0.05, 0.1) is 18.9 Å². The predicted molar refractivity (Wildman–Crippen MR) is 76.9 cm³/mol. The van der Waals surface area contributed by atoms with Crippen LogP contribution in [0.1, 0.15) is 6.92 Å². The molecule has 0 saturated carbocycles. The summed E-state index contributed by atoms with van der Waals surface area (Å²) in [5.74, 6) is -1.04. The number of rotatable bonds is 5. The number of carboxylic acid groups (broad SMARTS) is 1. The molecule has 0 radical (unpaired) electrons. The number of hydrogen-bond acceptors (Lipinski definition) is 5. The van der Waals surface area contributed by atoms with Gasteiger partial charge in [-0.2, -0.15) is 0 Å². The standard InChI is InChI=1S/C13H18N2O5S/c1-2-14-21(18,19)12-6-4-3-5-10(12)15-7-8-20-9-11(15)13(16)17/h3-6,11,14H,2,7-9H2,1H3,(H,16,17). The third-order valence-corrected chi connectivity index (χ3v) is 4.81. The second-order valence-electron chi connectivity index (χ2n) is 4.59. The summed E-state index contributed by atoms with van der Waals surface area (Å²) in [4.78, 5) is 13.0. The van der Waals surface area contributed by atoms with Crippen molar-refractivity contribution in [2.24, 2.45) is 0 Å². The lowest BCUT2D eigenvalue weighted by atomic mass is 10.2. The number of benzene rings is 1. The first kappa shape index (κ1) is 15.7. The zero-order valence-corrected chi connectivity index (χ0v) is 12.5. The van der Waals surface area contributed by atoms with Crippen LogP contribution < -0.4 is 9.62 Å². The lowest BCUT2D eigenvalue weighted by molar-refractivity contribution is -0.141. The molecule has 8 heteroatoms. The minimum Gasteiger partial charge on any atom is -0.480 e. The number of sulfonamides is 1. The summed E-state index contributed by atoms with van der Waals surface area (Å²) in [6, 6.07) is 5.50. The fourth-order valence-electron chi connectivity index (χ4n) is 2.29. The van der Waals surface area contributed by atoms with Crippen LogP contribution in [-0.4, -0.2) is 51.8 Å². The van der Waals surface area contributed by atoms with E-state index in [9.17, 15) is 18.3 Å². The van der Waals surface area contributed by atoms with Crippen LogP contribution in [0.4, 0.5) is 5.69 Å². The summed E-state index contributed by atoms with van der Waals surface area (Å²) in [5, 5.41) is 9.28. The van der Waals surface area contributed by atoms with Crippen molar-refractivity contribution < 1.29 is 23.1 Å². The summed E-state index contributed by atoms with van der Waals surface area (Å²) in [5.41, 5.74) is 0.383. The van der Waals surface area contributed by atoms with E-state index in [4.69, 9.17) is 4.74 Å². The Kier molecular flexibility index (Phi) is 4.81. The van der Waals surface area contributed by atoms with Crippen molar-refractivity contribution in [3.8, 4) is 0 Å². The number of carboxylic acids is 1. The molecule has 0 bridgehead atoms. The smallest absolute Gasteiger partial charge is 0.328 e. The molecule has 2 N–H and O–H groups in total. The second-order valence-corrected chi connectivity index (χ2v) is 6.33. The lowest BCUT2D eigenvalue weighted by Gasteiger charge is -2.35. The summed E-state index contributed by atoms with van der Waals surface area (Å²) < 4.78 is 32.1. The highest BCUT2D eigenvalue weighted by atomic mass is 32.2. The van der Waals surface area contributed by atoms with Gasteiger partial charge in [-0.25, -0.2) is 17.9 Å². The summed E-state index contributed by atoms with van der Waals surface area (Å²) in [7, 11) is -3.66. The minimum absolute atomic E-state index is 0.0327. The lowest BCUT2D eigenvalue weighted by Crippen LogP contribution is -2.50. The SMILES string of the molecule is CCNS(=O)(=O)c1ccccc1N1CCOCC1C(=O)O. The van der Waals surface area contributed by atoms with E-state index in [1.165, 1.54) is 6.07 Å². The van der Waals surface area contributed by atoms with Crippen molar-refractivity contribution >= 4 is 21.7 Å². The van der Waals surface area contributed by atoms with Crippen molar-refractivity contribution in [2.75, 3.05) is 31.2 Å². The van der Waals surface area contributed by atoms with Gasteiger partial charge in [0, 0.05) is 13.1 Å². The summed E-state index contributed by atoms with van der Waals surface area (Å²) >= 11 is 0. The van der Waals surface area contributed by atoms with Gasteiger partial charge in [0.25, 0.3) is 0 Å². The quantitative estimate of drug-likeness (QED) is 0.810. The van der Waals surface area contributed by atoms with Crippen molar-refractivity contribution in [2.45, 2.75) is 17.9 Å². The average Bonchev–Trinajstić information content (AvgIpc) is 2.47. The molecular weight excluding hydrogens is 296 g/mol. The Morgan fingerprint density at radius 1 is 1.48 bits per heavy atom. The van der Waals surface area contributed by atoms with Crippen molar-refractivity contribution in [3.05, 3.63) is 24.3 Å². The minimum atomic E-state index is -3.66. The van der Waals surface area contributed by atoms with Crippen molar-refractivity contribution in [1.82, 2.24) is 4.72 Å². The average molecular weight is 314 g/mol. The molecule has 2 rings (SSSR count). The molecule has 1 unspecified atom stereocenters. The van der Waals surface area contributed by atoms with Crippen LogP contribution in [0.3, 0.4) is 0 Å². The van der Waals surface area contributed by atoms with Gasteiger partial charge < -0.3 is 14.7 Å². The number of nitrogens with zero attached hydrogens (tertiary/aromatic N) is 1. The molecule has 0 aromatic heterocycles. The molecule has 116 valence electrons. The van der Waals surface area contributed by atoms with E-state index < -0.39 is 22.0 Å². The molecule has 1 aliphatic rings. The Hall–Kier alpha value is -1.64. The van der Waals surface area contributed by atoms with Crippen molar-refractivity contribution in [3.63, 3.8) is 0 Å². The second kappa shape index (κ2) is 6.42. The number of nitrogens with one attached hydrogen (secondary N) is 1. The van der Waals surface area contributed by atoms with E-state index >= 15 is 0 Å².